The van der Waals surface area contributed by atoms with E-state index in [2.05, 4.69) is 10.3 Å². The zero-order valence-electron chi connectivity index (χ0n) is 14.2. The standard InChI is InChI=1S/C17H19FN2O4S/c1-4-23-16(22)15-14(10(2)3)20-17(25-15)19-13(21)9-24-12-7-5-11(18)6-8-12/h5-8,10H,4,9H2,1-3H3,(H,19,20,21). The number of ether oxygens (including phenoxy) is 2. The number of nitrogens with one attached hydrogen (secondary N) is 1. The molecule has 0 unspecified atom stereocenters. The summed E-state index contributed by atoms with van der Waals surface area (Å²) in [6.45, 7) is 5.55. The molecule has 0 fully saturated rings. The lowest BCUT2D eigenvalue weighted by molar-refractivity contribution is -0.118. The maximum absolute atomic E-state index is 12.8. The van der Waals surface area contributed by atoms with Crippen molar-refractivity contribution in [3.8, 4) is 5.75 Å². The number of nitrogens with zero attached hydrogens (tertiary/aromatic N) is 1. The molecule has 0 aliphatic rings. The van der Waals surface area contributed by atoms with Gasteiger partial charge in [-0.3, -0.25) is 10.1 Å². The highest BCUT2D eigenvalue weighted by molar-refractivity contribution is 7.17. The van der Waals surface area contributed by atoms with Crippen molar-refractivity contribution in [3.05, 3.63) is 40.7 Å². The molecule has 8 heteroatoms. The maximum atomic E-state index is 12.8. The van der Waals surface area contributed by atoms with Gasteiger partial charge >= 0.3 is 5.97 Å². The van der Waals surface area contributed by atoms with Gasteiger partial charge in [0, 0.05) is 0 Å². The third-order valence-corrected chi connectivity index (χ3v) is 4.06. The average Bonchev–Trinajstić information content (AvgIpc) is 2.99. The van der Waals surface area contributed by atoms with Crippen LogP contribution < -0.4 is 10.1 Å². The van der Waals surface area contributed by atoms with Gasteiger partial charge in [-0.25, -0.2) is 14.2 Å². The summed E-state index contributed by atoms with van der Waals surface area (Å²) in [5.41, 5.74) is 0.582. The fourth-order valence-corrected chi connectivity index (χ4v) is 2.99. The minimum atomic E-state index is -0.452. The Hall–Kier alpha value is -2.48. The van der Waals surface area contributed by atoms with E-state index in [9.17, 15) is 14.0 Å². The lowest BCUT2D eigenvalue weighted by Gasteiger charge is -2.05. The molecule has 1 N–H and O–H groups in total. The Morgan fingerprint density at radius 3 is 2.56 bits per heavy atom. The summed E-state index contributed by atoms with van der Waals surface area (Å²) < 4.78 is 23.1. The molecule has 0 saturated carbocycles. The van der Waals surface area contributed by atoms with Gasteiger partial charge in [-0.15, -0.1) is 0 Å². The number of aromatic nitrogens is 1. The minimum absolute atomic E-state index is 0.0109. The quantitative estimate of drug-likeness (QED) is 0.758. The van der Waals surface area contributed by atoms with Gasteiger partial charge in [-0.2, -0.15) is 0 Å². The summed E-state index contributed by atoms with van der Waals surface area (Å²) in [7, 11) is 0. The molecule has 0 atom stereocenters. The van der Waals surface area contributed by atoms with Crippen LogP contribution in [0.1, 0.15) is 42.1 Å². The van der Waals surface area contributed by atoms with Crippen LogP contribution in [0.2, 0.25) is 0 Å². The van der Waals surface area contributed by atoms with Crippen LogP contribution in [-0.4, -0.2) is 30.1 Å². The molecule has 0 bridgehead atoms. The van der Waals surface area contributed by atoms with Crippen molar-refractivity contribution in [2.24, 2.45) is 0 Å². The Bertz CT molecular complexity index is 744. The maximum Gasteiger partial charge on any atom is 0.350 e. The van der Waals surface area contributed by atoms with E-state index in [-0.39, 0.29) is 24.9 Å². The van der Waals surface area contributed by atoms with Crippen LogP contribution in [0, 0.1) is 5.82 Å². The van der Waals surface area contributed by atoms with Crippen molar-refractivity contribution in [3.63, 3.8) is 0 Å². The zero-order valence-corrected chi connectivity index (χ0v) is 15.0. The topological polar surface area (TPSA) is 77.5 Å². The predicted octanol–water partition coefficient (Wildman–Crippen LogP) is 3.60. The summed E-state index contributed by atoms with van der Waals surface area (Å²) in [6, 6.07) is 5.35. The Kier molecular flexibility index (Phi) is 6.46. The lowest BCUT2D eigenvalue weighted by atomic mass is 10.1. The van der Waals surface area contributed by atoms with Gasteiger partial charge in [0.1, 0.15) is 16.4 Å². The van der Waals surface area contributed by atoms with Crippen LogP contribution in [0.3, 0.4) is 0 Å². The molecule has 1 aromatic carbocycles. The molecular weight excluding hydrogens is 347 g/mol. The highest BCUT2D eigenvalue weighted by Crippen LogP contribution is 2.29. The summed E-state index contributed by atoms with van der Waals surface area (Å²) in [5.74, 6) is -0.870. The first-order valence-electron chi connectivity index (χ1n) is 7.76. The highest BCUT2D eigenvalue weighted by Gasteiger charge is 2.22. The van der Waals surface area contributed by atoms with E-state index >= 15 is 0 Å². The first kappa shape index (κ1) is 18.9. The van der Waals surface area contributed by atoms with E-state index < -0.39 is 11.9 Å². The zero-order chi connectivity index (χ0) is 18.4. The van der Waals surface area contributed by atoms with Crippen LogP contribution >= 0.6 is 11.3 Å². The number of hydrogen-bond donors (Lipinski definition) is 1. The van der Waals surface area contributed by atoms with Gasteiger partial charge in [-0.05, 0) is 37.1 Å². The Balaban J connectivity index is 2.01. The third kappa shape index (κ3) is 5.25. The molecule has 134 valence electrons. The fraction of sp³-hybridized carbons (Fsp3) is 0.353. The minimum Gasteiger partial charge on any atom is -0.484 e. The van der Waals surface area contributed by atoms with E-state index in [0.717, 1.165) is 11.3 Å². The van der Waals surface area contributed by atoms with Crippen LogP contribution in [0.15, 0.2) is 24.3 Å². The number of benzene rings is 1. The van der Waals surface area contributed by atoms with Gasteiger partial charge in [0.15, 0.2) is 11.7 Å². The fourth-order valence-electron chi connectivity index (χ4n) is 1.95. The van der Waals surface area contributed by atoms with Gasteiger partial charge in [0.2, 0.25) is 0 Å². The van der Waals surface area contributed by atoms with E-state index in [4.69, 9.17) is 9.47 Å². The molecule has 1 aromatic heterocycles. The van der Waals surface area contributed by atoms with Crippen molar-refractivity contribution >= 4 is 28.3 Å². The molecule has 0 aliphatic carbocycles. The predicted molar refractivity (Wildman–Crippen MR) is 92.7 cm³/mol. The van der Waals surface area contributed by atoms with Gasteiger partial charge < -0.3 is 9.47 Å². The molecule has 6 nitrogen and oxygen atoms in total. The normalized spacial score (nSPS) is 10.6. The second kappa shape index (κ2) is 8.57. The molecule has 2 aromatic rings. The number of anilines is 1. The van der Waals surface area contributed by atoms with Crippen LogP contribution in [0.25, 0.3) is 0 Å². The Morgan fingerprint density at radius 2 is 1.96 bits per heavy atom. The number of esters is 1. The number of carbonyl (C=O) groups is 2. The lowest BCUT2D eigenvalue weighted by Crippen LogP contribution is -2.20. The summed E-state index contributed by atoms with van der Waals surface area (Å²) in [4.78, 5) is 28.6. The molecule has 0 spiro atoms. The van der Waals surface area contributed by atoms with E-state index in [1.54, 1.807) is 6.92 Å². The van der Waals surface area contributed by atoms with Crippen molar-refractivity contribution in [1.82, 2.24) is 4.98 Å². The van der Waals surface area contributed by atoms with Gasteiger partial charge in [0.25, 0.3) is 5.91 Å². The third-order valence-electron chi connectivity index (χ3n) is 3.09. The number of thiazole rings is 1. The molecule has 25 heavy (non-hydrogen) atoms. The van der Waals surface area contributed by atoms with Crippen LogP contribution in [-0.2, 0) is 9.53 Å². The monoisotopic (exact) mass is 366 g/mol. The largest absolute Gasteiger partial charge is 0.484 e. The number of carbonyl (C=O) groups excluding carboxylic acids is 2. The van der Waals surface area contributed by atoms with Crippen molar-refractivity contribution < 1.29 is 23.5 Å². The Morgan fingerprint density at radius 1 is 1.28 bits per heavy atom. The first-order valence-corrected chi connectivity index (χ1v) is 8.58. The second-order valence-electron chi connectivity index (χ2n) is 5.40. The van der Waals surface area contributed by atoms with Gasteiger partial charge in [-0.1, -0.05) is 25.2 Å². The molecule has 2 rings (SSSR count). The van der Waals surface area contributed by atoms with E-state index in [0.29, 0.717) is 21.5 Å². The number of amides is 1. The molecule has 1 amide bonds. The Labute approximate surface area is 149 Å². The summed E-state index contributed by atoms with van der Waals surface area (Å²) in [6.07, 6.45) is 0. The average molecular weight is 366 g/mol. The van der Waals surface area contributed by atoms with Crippen LogP contribution in [0.5, 0.6) is 5.75 Å². The van der Waals surface area contributed by atoms with Crippen LogP contribution in [0.4, 0.5) is 9.52 Å². The van der Waals surface area contributed by atoms with Crippen molar-refractivity contribution in [2.45, 2.75) is 26.7 Å². The van der Waals surface area contributed by atoms with Crippen molar-refractivity contribution in [1.29, 1.82) is 0 Å². The van der Waals surface area contributed by atoms with Crippen molar-refractivity contribution in [2.75, 3.05) is 18.5 Å². The molecular formula is C17H19FN2O4S. The molecule has 1 heterocycles. The number of rotatable bonds is 7. The van der Waals surface area contributed by atoms with E-state index in [1.807, 2.05) is 13.8 Å². The smallest absolute Gasteiger partial charge is 0.350 e. The molecule has 0 aliphatic heterocycles. The number of hydrogen-bond acceptors (Lipinski definition) is 6. The summed E-state index contributed by atoms with van der Waals surface area (Å²) >= 11 is 1.07. The molecule has 0 saturated heterocycles. The highest BCUT2D eigenvalue weighted by atomic mass is 32.1. The van der Waals surface area contributed by atoms with Gasteiger partial charge in [0.05, 0.1) is 12.3 Å². The second-order valence-corrected chi connectivity index (χ2v) is 6.40. The summed E-state index contributed by atoms with van der Waals surface area (Å²) in [5, 5.41) is 2.90. The molecule has 0 radical (unpaired) electrons. The van der Waals surface area contributed by atoms with E-state index in [1.165, 1.54) is 24.3 Å². The number of halogens is 1. The SMILES string of the molecule is CCOC(=O)c1sc(NC(=O)COc2ccc(F)cc2)nc1C(C)C. The first-order chi connectivity index (χ1) is 11.9.